The molecule has 0 radical (unpaired) electrons. The highest BCUT2D eigenvalue weighted by Gasteiger charge is 2.37. The third-order valence-corrected chi connectivity index (χ3v) is 10.7. The minimum Gasteiger partial charge on any atom is -0.416 e. The van der Waals surface area contributed by atoms with Crippen LogP contribution in [0.15, 0.2) is 18.2 Å². The molecule has 0 spiro atoms. The van der Waals surface area contributed by atoms with Gasteiger partial charge in [-0.25, -0.2) is 4.39 Å². The topological polar surface area (TPSA) is 77.6 Å². The predicted molar refractivity (Wildman–Crippen MR) is 114 cm³/mol. The first-order valence-corrected chi connectivity index (χ1v) is 12.9. The van der Waals surface area contributed by atoms with Gasteiger partial charge in [-0.2, -0.15) is 0 Å². The minimum atomic E-state index is -1.94. The molecule has 0 unspecified atom stereocenters. The van der Waals surface area contributed by atoms with E-state index in [1.807, 2.05) is 4.57 Å². The van der Waals surface area contributed by atoms with Crippen molar-refractivity contribution < 1.29 is 18.4 Å². The zero-order valence-electron chi connectivity index (χ0n) is 17.8. The Morgan fingerprint density at radius 1 is 1.28 bits per heavy atom. The van der Waals surface area contributed by atoms with Crippen molar-refractivity contribution in [2.75, 3.05) is 19.7 Å². The second kappa shape index (κ2) is 7.57. The summed E-state index contributed by atoms with van der Waals surface area (Å²) in [5, 5.41) is 0.809. The highest BCUT2D eigenvalue weighted by molar-refractivity contribution is 6.74. The van der Waals surface area contributed by atoms with Gasteiger partial charge >= 0.3 is 0 Å². The molecule has 8 heteroatoms. The number of amides is 2. The molecule has 1 aliphatic rings. The lowest BCUT2D eigenvalue weighted by atomic mass is 10.1. The average molecular weight is 420 g/mol. The van der Waals surface area contributed by atoms with Gasteiger partial charge in [-0.1, -0.05) is 20.8 Å². The number of primary amides is 1. The molecular formula is C21H30FN3O3Si. The van der Waals surface area contributed by atoms with Crippen LogP contribution in [-0.4, -0.2) is 49.3 Å². The third kappa shape index (κ3) is 4.09. The number of benzene rings is 1. The number of carbonyl (C=O) groups excluding carboxylic acids is 2. The first-order valence-electron chi connectivity index (χ1n) is 9.94. The van der Waals surface area contributed by atoms with Crippen LogP contribution in [0.1, 0.15) is 36.8 Å². The Morgan fingerprint density at radius 3 is 2.59 bits per heavy atom. The highest BCUT2D eigenvalue weighted by atomic mass is 28.4. The number of halogens is 1. The average Bonchev–Trinajstić information content (AvgIpc) is 2.90. The van der Waals surface area contributed by atoms with Crippen LogP contribution in [0.25, 0.3) is 10.9 Å². The van der Waals surface area contributed by atoms with Gasteiger partial charge in [-0.05, 0) is 48.3 Å². The summed E-state index contributed by atoms with van der Waals surface area (Å²) in [6, 6.07) is 4.60. The number of aromatic nitrogens is 1. The van der Waals surface area contributed by atoms with E-state index in [0.717, 1.165) is 16.5 Å². The summed E-state index contributed by atoms with van der Waals surface area (Å²) in [7, 11) is -1.94. The molecule has 1 aliphatic heterocycles. The molecule has 1 aromatic carbocycles. The summed E-state index contributed by atoms with van der Waals surface area (Å²) >= 11 is 0. The van der Waals surface area contributed by atoms with E-state index in [-0.39, 0.29) is 23.3 Å². The van der Waals surface area contributed by atoms with Crippen molar-refractivity contribution in [3.8, 4) is 0 Å². The standard InChI is InChI=1S/C21H30FN3O3Si/c1-21(2,3)29(4,5)28-11-8-15-16-12-14(22)6-7-17(16)25-10-9-24(13-18(23)26)20(27)19(15)25/h6-7,12H,8-11,13H2,1-5H3,(H2,23,26). The van der Waals surface area contributed by atoms with Crippen LogP contribution in [0.3, 0.4) is 0 Å². The number of fused-ring (bicyclic) bond motifs is 3. The van der Waals surface area contributed by atoms with E-state index in [2.05, 4.69) is 33.9 Å². The number of nitrogens with two attached hydrogens (primary N) is 1. The van der Waals surface area contributed by atoms with Gasteiger partial charge in [0.25, 0.3) is 5.91 Å². The molecule has 1 aromatic heterocycles. The van der Waals surface area contributed by atoms with Gasteiger partial charge in [0.05, 0.1) is 6.54 Å². The quantitative estimate of drug-likeness (QED) is 0.730. The van der Waals surface area contributed by atoms with Crippen LogP contribution in [0.4, 0.5) is 4.39 Å². The Hall–Kier alpha value is -2.19. The molecule has 158 valence electrons. The van der Waals surface area contributed by atoms with Gasteiger partial charge in [-0.3, -0.25) is 9.59 Å². The fraction of sp³-hybridized carbons (Fsp3) is 0.524. The van der Waals surface area contributed by atoms with Crippen LogP contribution >= 0.6 is 0 Å². The molecule has 3 rings (SSSR count). The van der Waals surface area contributed by atoms with E-state index in [1.165, 1.54) is 17.0 Å². The maximum atomic E-state index is 14.0. The molecule has 2 heterocycles. The largest absolute Gasteiger partial charge is 0.416 e. The SMILES string of the molecule is CC(C)(C)[Si](C)(C)OCCc1c2n(c3ccc(F)cc13)CCN(CC(N)=O)C2=O. The molecule has 0 atom stereocenters. The van der Waals surface area contributed by atoms with E-state index >= 15 is 0 Å². The number of carbonyl (C=O) groups is 2. The molecule has 0 bridgehead atoms. The van der Waals surface area contributed by atoms with Gasteiger partial charge in [0.15, 0.2) is 8.32 Å². The summed E-state index contributed by atoms with van der Waals surface area (Å²) in [6.45, 7) is 12.2. The van der Waals surface area contributed by atoms with Gasteiger partial charge in [0, 0.05) is 30.6 Å². The lowest BCUT2D eigenvalue weighted by Gasteiger charge is -2.36. The molecule has 6 nitrogen and oxygen atoms in total. The smallest absolute Gasteiger partial charge is 0.271 e. The van der Waals surface area contributed by atoms with Crippen LogP contribution in [0.2, 0.25) is 18.1 Å². The molecule has 0 saturated heterocycles. The van der Waals surface area contributed by atoms with Crippen LogP contribution in [-0.2, 0) is 22.2 Å². The summed E-state index contributed by atoms with van der Waals surface area (Å²) < 4.78 is 22.2. The Kier molecular flexibility index (Phi) is 5.61. The molecule has 2 amide bonds. The lowest BCUT2D eigenvalue weighted by Crippen LogP contribution is -2.45. The molecule has 29 heavy (non-hydrogen) atoms. The van der Waals surface area contributed by atoms with Crippen LogP contribution < -0.4 is 5.73 Å². The molecule has 2 N–H and O–H groups in total. The Bertz CT molecular complexity index is 962. The third-order valence-electron chi connectivity index (χ3n) is 6.18. The minimum absolute atomic E-state index is 0.0789. The monoisotopic (exact) mass is 419 g/mol. The Morgan fingerprint density at radius 2 is 1.97 bits per heavy atom. The first kappa shape index (κ1) is 21.5. The van der Waals surface area contributed by atoms with Crippen molar-refractivity contribution in [3.63, 3.8) is 0 Å². The molecular weight excluding hydrogens is 389 g/mol. The van der Waals surface area contributed by atoms with Crippen molar-refractivity contribution >= 4 is 31.0 Å². The summed E-state index contributed by atoms with van der Waals surface area (Å²) in [6.07, 6.45) is 0.505. The maximum Gasteiger partial charge on any atom is 0.271 e. The highest BCUT2D eigenvalue weighted by Crippen LogP contribution is 2.37. The van der Waals surface area contributed by atoms with Crippen molar-refractivity contribution in [3.05, 3.63) is 35.3 Å². The summed E-state index contributed by atoms with van der Waals surface area (Å²) in [5.41, 5.74) is 7.42. The van der Waals surface area contributed by atoms with E-state index in [4.69, 9.17) is 10.2 Å². The van der Waals surface area contributed by atoms with Gasteiger partial charge in [-0.15, -0.1) is 0 Å². The van der Waals surface area contributed by atoms with Crippen molar-refractivity contribution in [2.24, 2.45) is 5.73 Å². The lowest BCUT2D eigenvalue weighted by molar-refractivity contribution is -0.118. The summed E-state index contributed by atoms with van der Waals surface area (Å²) in [4.78, 5) is 25.9. The fourth-order valence-corrected chi connectivity index (χ4v) is 4.61. The van der Waals surface area contributed by atoms with Gasteiger partial charge in [0.2, 0.25) is 5.91 Å². The molecule has 0 saturated carbocycles. The molecule has 0 fully saturated rings. The zero-order valence-corrected chi connectivity index (χ0v) is 18.8. The van der Waals surface area contributed by atoms with Crippen molar-refractivity contribution in [1.29, 1.82) is 0 Å². The Labute approximate surface area is 171 Å². The number of nitrogens with zero attached hydrogens (tertiary/aromatic N) is 2. The molecule has 0 aliphatic carbocycles. The van der Waals surface area contributed by atoms with E-state index in [1.54, 1.807) is 6.07 Å². The maximum absolute atomic E-state index is 14.0. The number of hydrogen-bond acceptors (Lipinski definition) is 3. The second-order valence-corrected chi connectivity index (χ2v) is 14.0. The number of hydrogen-bond donors (Lipinski definition) is 1. The van der Waals surface area contributed by atoms with Crippen molar-refractivity contribution in [1.82, 2.24) is 9.47 Å². The van der Waals surface area contributed by atoms with Gasteiger partial charge in [0.1, 0.15) is 11.5 Å². The van der Waals surface area contributed by atoms with E-state index < -0.39 is 14.2 Å². The normalized spacial score (nSPS) is 15.1. The fourth-order valence-electron chi connectivity index (χ4n) is 3.56. The van der Waals surface area contributed by atoms with Gasteiger partial charge < -0.3 is 19.6 Å². The van der Waals surface area contributed by atoms with E-state index in [0.29, 0.717) is 31.8 Å². The van der Waals surface area contributed by atoms with E-state index in [9.17, 15) is 14.0 Å². The second-order valence-electron chi connectivity index (χ2n) is 9.19. The van der Waals surface area contributed by atoms with Crippen LogP contribution in [0, 0.1) is 5.82 Å². The summed E-state index contributed by atoms with van der Waals surface area (Å²) in [5.74, 6) is -1.13. The van der Waals surface area contributed by atoms with Crippen LogP contribution in [0.5, 0.6) is 0 Å². The molecule has 2 aromatic rings. The zero-order chi connectivity index (χ0) is 21.6. The number of rotatable bonds is 6. The first-order chi connectivity index (χ1) is 13.4. The Balaban J connectivity index is 1.98. The predicted octanol–water partition coefficient (Wildman–Crippen LogP) is 3.29. The van der Waals surface area contributed by atoms with Crippen molar-refractivity contribution in [2.45, 2.75) is 51.9 Å².